The van der Waals surface area contributed by atoms with Gasteiger partial charge in [0.1, 0.15) is 0 Å². The quantitative estimate of drug-likeness (QED) is 0.700. The van der Waals surface area contributed by atoms with Gasteiger partial charge >= 0.3 is 0 Å². The van der Waals surface area contributed by atoms with Gasteiger partial charge in [-0.05, 0) is 18.2 Å². The third-order valence-electron chi connectivity index (χ3n) is 2.46. The van der Waals surface area contributed by atoms with Gasteiger partial charge in [0.2, 0.25) is 5.91 Å². The van der Waals surface area contributed by atoms with E-state index in [1.54, 1.807) is 25.2 Å². The fourth-order valence-electron chi connectivity index (χ4n) is 1.45. The molecule has 0 aliphatic carbocycles. The van der Waals surface area contributed by atoms with Crippen LogP contribution in [0.1, 0.15) is 18.1 Å². The summed E-state index contributed by atoms with van der Waals surface area (Å²) in [6.45, 7) is 0.811. The lowest BCUT2D eigenvalue weighted by Crippen LogP contribution is -2.27. The molecule has 1 aromatic rings. The van der Waals surface area contributed by atoms with Crippen LogP contribution in [0.2, 0.25) is 10.0 Å². The molecule has 1 aromatic carbocycles. The number of benzene rings is 1. The number of hydrogen-bond donors (Lipinski definition) is 3. The Morgan fingerprint density at radius 2 is 2.17 bits per heavy atom. The zero-order valence-corrected chi connectivity index (χ0v) is 11.6. The van der Waals surface area contributed by atoms with Crippen LogP contribution in [-0.4, -0.2) is 31.2 Å². The molecule has 18 heavy (non-hydrogen) atoms. The first-order chi connectivity index (χ1) is 8.54. The summed E-state index contributed by atoms with van der Waals surface area (Å²) in [6, 6.07) is 4.95. The van der Waals surface area contributed by atoms with Crippen LogP contribution in [0.25, 0.3) is 0 Å². The molecule has 0 fully saturated rings. The molecule has 1 rings (SSSR count). The predicted octanol–water partition coefficient (Wildman–Crippen LogP) is 1.75. The van der Waals surface area contributed by atoms with E-state index in [4.69, 9.17) is 23.2 Å². The van der Waals surface area contributed by atoms with Gasteiger partial charge in [-0.1, -0.05) is 23.2 Å². The first-order valence-electron chi connectivity index (χ1n) is 5.59. The molecular weight excluding hydrogens is 275 g/mol. The minimum absolute atomic E-state index is 0.0437. The lowest BCUT2D eigenvalue weighted by molar-refractivity contribution is -0.120. The predicted molar refractivity (Wildman–Crippen MR) is 73.0 cm³/mol. The van der Waals surface area contributed by atoms with Crippen molar-refractivity contribution < 1.29 is 9.90 Å². The molecule has 0 saturated carbocycles. The second-order valence-electron chi connectivity index (χ2n) is 3.81. The Morgan fingerprint density at radius 3 is 2.83 bits per heavy atom. The van der Waals surface area contributed by atoms with Crippen LogP contribution in [0.5, 0.6) is 0 Å². The van der Waals surface area contributed by atoms with Crippen molar-refractivity contribution >= 4 is 29.1 Å². The monoisotopic (exact) mass is 290 g/mol. The average molecular weight is 291 g/mol. The highest BCUT2D eigenvalue weighted by Crippen LogP contribution is 2.25. The van der Waals surface area contributed by atoms with Crippen molar-refractivity contribution in [1.82, 2.24) is 10.6 Å². The molecule has 0 radical (unpaired) electrons. The molecule has 1 atom stereocenters. The van der Waals surface area contributed by atoms with E-state index in [0.717, 1.165) is 0 Å². The Labute approximate surface area is 116 Å². The van der Waals surface area contributed by atoms with Gasteiger partial charge in [0, 0.05) is 42.2 Å². The summed E-state index contributed by atoms with van der Waals surface area (Å²) in [5.41, 5.74) is 0.580. The van der Waals surface area contributed by atoms with Crippen LogP contribution in [-0.2, 0) is 4.79 Å². The van der Waals surface area contributed by atoms with Gasteiger partial charge in [0.25, 0.3) is 0 Å². The van der Waals surface area contributed by atoms with Crippen LogP contribution in [0.15, 0.2) is 18.2 Å². The molecule has 0 spiro atoms. The molecule has 4 nitrogen and oxygen atoms in total. The first kappa shape index (κ1) is 15.2. The number of aliphatic hydroxyl groups is 1. The Hall–Kier alpha value is -0.810. The molecule has 0 aromatic heterocycles. The van der Waals surface area contributed by atoms with Crippen molar-refractivity contribution in [2.75, 3.05) is 20.1 Å². The minimum Gasteiger partial charge on any atom is -0.387 e. The van der Waals surface area contributed by atoms with Gasteiger partial charge in [0.15, 0.2) is 0 Å². The van der Waals surface area contributed by atoms with E-state index in [1.807, 2.05) is 0 Å². The molecule has 3 N–H and O–H groups in total. The van der Waals surface area contributed by atoms with Gasteiger partial charge in [-0.15, -0.1) is 0 Å². The number of hydrogen-bond acceptors (Lipinski definition) is 3. The molecule has 1 unspecified atom stereocenters. The maximum Gasteiger partial charge on any atom is 0.221 e. The molecule has 0 aliphatic rings. The molecule has 0 aliphatic heterocycles. The zero-order valence-electron chi connectivity index (χ0n) is 10.0. The number of halogens is 2. The van der Waals surface area contributed by atoms with Crippen LogP contribution in [0.4, 0.5) is 0 Å². The molecular formula is C12H16Cl2N2O2. The molecule has 100 valence electrons. The average Bonchev–Trinajstić information content (AvgIpc) is 2.36. The van der Waals surface area contributed by atoms with E-state index in [9.17, 15) is 9.90 Å². The van der Waals surface area contributed by atoms with Crippen molar-refractivity contribution in [2.24, 2.45) is 0 Å². The molecule has 0 bridgehead atoms. The molecule has 0 heterocycles. The second kappa shape index (κ2) is 7.59. The Morgan fingerprint density at radius 1 is 1.44 bits per heavy atom. The third kappa shape index (κ3) is 4.82. The number of amides is 1. The Bertz CT molecular complexity index is 413. The topological polar surface area (TPSA) is 61.4 Å². The normalized spacial score (nSPS) is 12.2. The van der Waals surface area contributed by atoms with Gasteiger partial charge in [-0.2, -0.15) is 0 Å². The van der Waals surface area contributed by atoms with Crippen molar-refractivity contribution in [3.8, 4) is 0 Å². The highest BCUT2D eigenvalue weighted by Gasteiger charge is 2.11. The fraction of sp³-hybridized carbons (Fsp3) is 0.417. The van der Waals surface area contributed by atoms with Gasteiger partial charge in [-0.3, -0.25) is 4.79 Å². The van der Waals surface area contributed by atoms with Gasteiger partial charge in [0.05, 0.1) is 6.10 Å². The highest BCUT2D eigenvalue weighted by atomic mass is 35.5. The molecule has 0 saturated heterocycles. The zero-order chi connectivity index (χ0) is 13.5. The minimum atomic E-state index is -0.749. The number of nitrogens with one attached hydrogen (secondary N) is 2. The highest BCUT2D eigenvalue weighted by molar-refractivity contribution is 6.33. The number of rotatable bonds is 6. The van der Waals surface area contributed by atoms with Gasteiger partial charge in [-0.25, -0.2) is 0 Å². The summed E-state index contributed by atoms with van der Waals surface area (Å²) >= 11 is 11.8. The number of aliphatic hydroxyl groups excluding tert-OH is 1. The molecule has 6 heteroatoms. The third-order valence-corrected chi connectivity index (χ3v) is 3.04. The van der Waals surface area contributed by atoms with Crippen LogP contribution >= 0.6 is 23.2 Å². The van der Waals surface area contributed by atoms with Crippen LogP contribution in [0.3, 0.4) is 0 Å². The van der Waals surface area contributed by atoms with E-state index in [2.05, 4.69) is 10.6 Å². The van der Waals surface area contributed by atoms with Crippen LogP contribution in [0, 0.1) is 0 Å². The molecule has 1 amide bonds. The summed E-state index contributed by atoms with van der Waals surface area (Å²) in [7, 11) is 1.59. The largest absolute Gasteiger partial charge is 0.387 e. The number of carbonyl (C=O) groups is 1. The summed E-state index contributed by atoms with van der Waals surface area (Å²) in [4.78, 5) is 11.0. The SMILES string of the molecule is CNC(=O)CCNCC(O)c1cc(Cl)ccc1Cl. The summed E-state index contributed by atoms with van der Waals surface area (Å²) in [5, 5.41) is 16.4. The van der Waals surface area contributed by atoms with E-state index in [0.29, 0.717) is 35.1 Å². The Balaban J connectivity index is 2.43. The van der Waals surface area contributed by atoms with E-state index in [1.165, 1.54) is 0 Å². The first-order valence-corrected chi connectivity index (χ1v) is 6.34. The second-order valence-corrected chi connectivity index (χ2v) is 4.65. The van der Waals surface area contributed by atoms with E-state index < -0.39 is 6.10 Å². The summed E-state index contributed by atoms with van der Waals surface area (Å²) < 4.78 is 0. The lowest BCUT2D eigenvalue weighted by atomic mass is 10.1. The van der Waals surface area contributed by atoms with E-state index in [-0.39, 0.29) is 5.91 Å². The smallest absolute Gasteiger partial charge is 0.221 e. The van der Waals surface area contributed by atoms with Gasteiger partial charge < -0.3 is 15.7 Å². The van der Waals surface area contributed by atoms with E-state index >= 15 is 0 Å². The van der Waals surface area contributed by atoms with Crippen molar-refractivity contribution in [3.63, 3.8) is 0 Å². The summed E-state index contributed by atoms with van der Waals surface area (Å²) in [5.74, 6) is -0.0437. The van der Waals surface area contributed by atoms with Crippen molar-refractivity contribution in [2.45, 2.75) is 12.5 Å². The summed E-state index contributed by atoms with van der Waals surface area (Å²) in [6.07, 6.45) is -0.382. The maximum absolute atomic E-state index is 11.0. The fourth-order valence-corrected chi connectivity index (χ4v) is 1.87. The number of carbonyl (C=O) groups excluding carboxylic acids is 1. The van der Waals surface area contributed by atoms with Crippen molar-refractivity contribution in [3.05, 3.63) is 33.8 Å². The Kier molecular flexibility index (Phi) is 6.43. The lowest BCUT2D eigenvalue weighted by Gasteiger charge is -2.14. The van der Waals surface area contributed by atoms with Crippen molar-refractivity contribution in [1.29, 1.82) is 0 Å². The standard InChI is InChI=1S/C12H16Cl2N2O2/c1-15-12(18)4-5-16-7-11(17)9-6-8(13)2-3-10(9)14/h2-3,6,11,16-17H,4-5,7H2,1H3,(H,15,18). The van der Waals surface area contributed by atoms with Crippen LogP contribution < -0.4 is 10.6 Å². The maximum atomic E-state index is 11.0.